The average molecular weight is 370 g/mol. The van der Waals surface area contributed by atoms with Gasteiger partial charge < -0.3 is 0 Å². The van der Waals surface area contributed by atoms with Crippen LogP contribution >= 0.6 is 27.5 Å². The molecular formula is C15H14BrClN2O2. The number of hydrogen-bond donors (Lipinski definition) is 1. The molecule has 1 aliphatic rings. The fourth-order valence-corrected chi connectivity index (χ4v) is 3.56. The first-order chi connectivity index (χ1) is 9.94. The van der Waals surface area contributed by atoms with Crippen molar-refractivity contribution in [3.63, 3.8) is 0 Å². The first kappa shape index (κ1) is 14.6. The molecule has 0 saturated heterocycles. The summed E-state index contributed by atoms with van der Waals surface area (Å²) in [6, 6.07) is 7.33. The number of hydrogen-bond acceptors (Lipinski definition) is 2. The number of nitrogens with zero attached hydrogens (tertiary/aromatic N) is 1. The highest BCUT2D eigenvalue weighted by molar-refractivity contribution is 9.10. The van der Waals surface area contributed by atoms with E-state index in [-0.39, 0.29) is 10.7 Å². The van der Waals surface area contributed by atoms with E-state index in [4.69, 9.17) is 11.6 Å². The predicted octanol–water partition coefficient (Wildman–Crippen LogP) is 3.52. The summed E-state index contributed by atoms with van der Waals surface area (Å²) in [5.41, 5.74) is -0.177. The number of aromatic amines is 1. The standard InChI is InChI=1S/C15H14BrClN2O2/c1-15(7-4-8-15)19-13(20)11(12(17)18-14(19)21)9-5-2-3-6-10(9)16/h2-3,5-6H,4,7-8H2,1H3,(H,18,21). The monoisotopic (exact) mass is 368 g/mol. The molecule has 1 N–H and O–H groups in total. The lowest BCUT2D eigenvalue weighted by atomic mass is 9.78. The molecule has 1 aromatic carbocycles. The molecule has 1 heterocycles. The number of aromatic nitrogens is 2. The Hall–Kier alpha value is -1.33. The predicted molar refractivity (Wildman–Crippen MR) is 87.0 cm³/mol. The second-order valence-corrected chi connectivity index (χ2v) is 6.82. The van der Waals surface area contributed by atoms with Crippen molar-refractivity contribution in [1.29, 1.82) is 0 Å². The van der Waals surface area contributed by atoms with Gasteiger partial charge in [-0.15, -0.1) is 0 Å². The molecule has 3 rings (SSSR count). The van der Waals surface area contributed by atoms with Gasteiger partial charge in [0.1, 0.15) is 5.15 Å². The van der Waals surface area contributed by atoms with E-state index in [1.807, 2.05) is 25.1 Å². The Morgan fingerprint density at radius 1 is 1.29 bits per heavy atom. The van der Waals surface area contributed by atoms with Crippen molar-refractivity contribution in [2.75, 3.05) is 0 Å². The summed E-state index contributed by atoms with van der Waals surface area (Å²) in [4.78, 5) is 27.6. The Kier molecular flexibility index (Phi) is 3.58. The van der Waals surface area contributed by atoms with Gasteiger partial charge in [-0.1, -0.05) is 45.7 Å². The summed E-state index contributed by atoms with van der Waals surface area (Å²) in [7, 11) is 0. The normalized spacial score (nSPS) is 16.5. The zero-order valence-electron chi connectivity index (χ0n) is 11.5. The van der Waals surface area contributed by atoms with Crippen LogP contribution in [0.25, 0.3) is 11.1 Å². The van der Waals surface area contributed by atoms with Crippen LogP contribution in [0.1, 0.15) is 26.2 Å². The summed E-state index contributed by atoms with van der Waals surface area (Å²) in [6.45, 7) is 1.94. The summed E-state index contributed by atoms with van der Waals surface area (Å²) < 4.78 is 2.08. The lowest BCUT2D eigenvalue weighted by molar-refractivity contribution is 0.156. The number of halogens is 2. The van der Waals surface area contributed by atoms with Crippen LogP contribution in [0.15, 0.2) is 38.3 Å². The molecule has 1 aliphatic carbocycles. The second-order valence-electron chi connectivity index (χ2n) is 5.59. The van der Waals surface area contributed by atoms with Gasteiger partial charge in [-0.05, 0) is 32.3 Å². The van der Waals surface area contributed by atoms with Crippen LogP contribution in [0, 0.1) is 0 Å². The van der Waals surface area contributed by atoms with Gasteiger partial charge in [-0.2, -0.15) is 0 Å². The Morgan fingerprint density at radius 2 is 1.95 bits per heavy atom. The molecule has 0 radical (unpaired) electrons. The Bertz CT molecular complexity index is 821. The lowest BCUT2D eigenvalue weighted by Crippen LogP contribution is -2.51. The Labute approximate surface area is 134 Å². The molecular weight excluding hydrogens is 356 g/mol. The fourth-order valence-electron chi connectivity index (χ4n) is 2.81. The average Bonchev–Trinajstić information content (AvgIpc) is 2.38. The zero-order valence-corrected chi connectivity index (χ0v) is 13.8. The van der Waals surface area contributed by atoms with E-state index in [2.05, 4.69) is 20.9 Å². The van der Waals surface area contributed by atoms with E-state index in [1.54, 1.807) is 6.07 Å². The number of nitrogens with one attached hydrogen (secondary N) is 1. The van der Waals surface area contributed by atoms with E-state index in [9.17, 15) is 9.59 Å². The lowest BCUT2D eigenvalue weighted by Gasteiger charge is -2.39. The summed E-state index contributed by atoms with van der Waals surface area (Å²) in [5, 5.41) is 0.0797. The van der Waals surface area contributed by atoms with Gasteiger partial charge in [-0.25, -0.2) is 4.79 Å². The molecule has 0 unspecified atom stereocenters. The van der Waals surface area contributed by atoms with Crippen LogP contribution < -0.4 is 11.2 Å². The molecule has 2 aromatic rings. The molecule has 0 bridgehead atoms. The molecule has 0 atom stereocenters. The highest BCUT2D eigenvalue weighted by Crippen LogP contribution is 2.37. The number of rotatable bonds is 2. The van der Waals surface area contributed by atoms with Gasteiger partial charge >= 0.3 is 5.69 Å². The van der Waals surface area contributed by atoms with Crippen LogP contribution in [0.2, 0.25) is 5.15 Å². The van der Waals surface area contributed by atoms with Gasteiger partial charge in [0, 0.05) is 15.6 Å². The third-order valence-corrected chi connectivity index (χ3v) is 5.14. The van der Waals surface area contributed by atoms with E-state index < -0.39 is 11.2 Å². The van der Waals surface area contributed by atoms with Crippen molar-refractivity contribution >= 4 is 27.5 Å². The molecule has 4 nitrogen and oxygen atoms in total. The minimum absolute atomic E-state index is 0.0797. The van der Waals surface area contributed by atoms with Crippen LogP contribution in [0.5, 0.6) is 0 Å². The summed E-state index contributed by atoms with van der Waals surface area (Å²) >= 11 is 9.56. The maximum atomic E-state index is 12.8. The van der Waals surface area contributed by atoms with E-state index >= 15 is 0 Å². The highest BCUT2D eigenvalue weighted by Gasteiger charge is 2.37. The van der Waals surface area contributed by atoms with Crippen molar-refractivity contribution in [1.82, 2.24) is 9.55 Å². The van der Waals surface area contributed by atoms with Crippen molar-refractivity contribution in [2.24, 2.45) is 0 Å². The zero-order chi connectivity index (χ0) is 15.2. The van der Waals surface area contributed by atoms with E-state index in [1.165, 1.54) is 4.57 Å². The minimum Gasteiger partial charge on any atom is -0.297 e. The quantitative estimate of drug-likeness (QED) is 0.824. The van der Waals surface area contributed by atoms with Crippen molar-refractivity contribution in [3.05, 3.63) is 54.7 Å². The van der Waals surface area contributed by atoms with Gasteiger partial charge in [0.25, 0.3) is 5.56 Å². The largest absolute Gasteiger partial charge is 0.330 e. The number of H-pyrrole nitrogens is 1. The summed E-state index contributed by atoms with van der Waals surface area (Å²) in [6.07, 6.45) is 2.68. The molecule has 0 aliphatic heterocycles. The van der Waals surface area contributed by atoms with Gasteiger partial charge in [0.2, 0.25) is 0 Å². The second kappa shape index (κ2) is 5.14. The SMILES string of the molecule is CC1(n2c(=O)[nH]c(Cl)c(-c3ccccc3Br)c2=O)CCC1. The molecule has 0 spiro atoms. The highest BCUT2D eigenvalue weighted by atomic mass is 79.9. The van der Waals surface area contributed by atoms with Crippen LogP contribution in [0.3, 0.4) is 0 Å². The van der Waals surface area contributed by atoms with Gasteiger partial charge in [-0.3, -0.25) is 14.3 Å². The molecule has 21 heavy (non-hydrogen) atoms. The Morgan fingerprint density at radius 3 is 2.52 bits per heavy atom. The van der Waals surface area contributed by atoms with Gasteiger partial charge in [0.15, 0.2) is 0 Å². The molecule has 1 aromatic heterocycles. The fraction of sp³-hybridized carbons (Fsp3) is 0.333. The van der Waals surface area contributed by atoms with Crippen LogP contribution in [-0.2, 0) is 5.54 Å². The van der Waals surface area contributed by atoms with Crippen molar-refractivity contribution in [3.8, 4) is 11.1 Å². The maximum Gasteiger partial charge on any atom is 0.330 e. The number of benzene rings is 1. The summed E-state index contributed by atoms with van der Waals surface area (Å²) in [5.74, 6) is 0. The third kappa shape index (κ3) is 2.28. The first-order valence-corrected chi connectivity index (χ1v) is 7.91. The van der Waals surface area contributed by atoms with Crippen molar-refractivity contribution < 1.29 is 0 Å². The molecule has 1 fully saturated rings. The third-order valence-electron chi connectivity index (χ3n) is 4.17. The molecule has 6 heteroatoms. The Balaban J connectivity index is 2.33. The molecule has 110 valence electrons. The molecule has 0 amide bonds. The van der Waals surface area contributed by atoms with E-state index in [0.717, 1.165) is 23.7 Å². The topological polar surface area (TPSA) is 54.9 Å². The van der Waals surface area contributed by atoms with Crippen molar-refractivity contribution in [2.45, 2.75) is 31.7 Å². The maximum absolute atomic E-state index is 12.8. The van der Waals surface area contributed by atoms with E-state index in [0.29, 0.717) is 11.1 Å². The smallest absolute Gasteiger partial charge is 0.297 e. The minimum atomic E-state index is -0.442. The first-order valence-electron chi connectivity index (χ1n) is 6.74. The van der Waals surface area contributed by atoms with Crippen LogP contribution in [-0.4, -0.2) is 9.55 Å². The van der Waals surface area contributed by atoms with Crippen LogP contribution in [0.4, 0.5) is 0 Å². The molecule has 1 saturated carbocycles. The van der Waals surface area contributed by atoms with Gasteiger partial charge in [0.05, 0.1) is 5.56 Å².